The number of carbonyl (C=O) groups excluding carboxylic acids is 2. The SMILES string of the molecule is CC(=O)c1cccn1CC(=O)Nc1ccccc1F. The van der Waals surface area contributed by atoms with Crippen LogP contribution >= 0.6 is 0 Å². The highest BCUT2D eigenvalue weighted by Crippen LogP contribution is 2.12. The van der Waals surface area contributed by atoms with Crippen molar-refractivity contribution in [1.82, 2.24) is 4.57 Å². The third-order valence-corrected chi connectivity index (χ3v) is 2.65. The van der Waals surface area contributed by atoms with E-state index in [0.29, 0.717) is 5.69 Å². The monoisotopic (exact) mass is 260 g/mol. The van der Waals surface area contributed by atoms with E-state index in [1.165, 1.54) is 23.6 Å². The lowest BCUT2D eigenvalue weighted by Crippen LogP contribution is -2.20. The summed E-state index contributed by atoms with van der Waals surface area (Å²) in [6.07, 6.45) is 1.64. The highest BCUT2D eigenvalue weighted by Gasteiger charge is 2.11. The van der Waals surface area contributed by atoms with Crippen molar-refractivity contribution in [3.05, 3.63) is 54.1 Å². The molecule has 5 heteroatoms. The maximum atomic E-state index is 13.4. The molecule has 1 amide bonds. The van der Waals surface area contributed by atoms with Gasteiger partial charge in [-0.15, -0.1) is 0 Å². The maximum Gasteiger partial charge on any atom is 0.244 e. The van der Waals surface area contributed by atoms with E-state index in [2.05, 4.69) is 5.32 Å². The first-order chi connectivity index (χ1) is 9.08. The molecule has 1 aromatic carbocycles. The quantitative estimate of drug-likeness (QED) is 0.858. The summed E-state index contributed by atoms with van der Waals surface area (Å²) < 4.78 is 14.9. The second kappa shape index (κ2) is 5.48. The van der Waals surface area contributed by atoms with E-state index in [1.54, 1.807) is 30.5 Å². The van der Waals surface area contributed by atoms with Gasteiger partial charge in [-0.2, -0.15) is 0 Å². The molecule has 0 aliphatic rings. The zero-order valence-electron chi connectivity index (χ0n) is 10.4. The molecule has 19 heavy (non-hydrogen) atoms. The Morgan fingerprint density at radius 3 is 2.63 bits per heavy atom. The molecule has 0 radical (unpaired) electrons. The number of hydrogen-bond acceptors (Lipinski definition) is 2. The molecule has 98 valence electrons. The number of halogens is 1. The number of Topliss-reactive ketones (excluding diaryl/α,β-unsaturated/α-hetero) is 1. The molecule has 0 unspecified atom stereocenters. The van der Waals surface area contributed by atoms with Crippen LogP contribution in [0.3, 0.4) is 0 Å². The van der Waals surface area contributed by atoms with Gasteiger partial charge in [0.2, 0.25) is 5.91 Å². The molecule has 1 N–H and O–H groups in total. The van der Waals surface area contributed by atoms with E-state index in [4.69, 9.17) is 0 Å². The van der Waals surface area contributed by atoms with Gasteiger partial charge in [0, 0.05) is 13.1 Å². The van der Waals surface area contributed by atoms with Crippen LogP contribution in [-0.4, -0.2) is 16.3 Å². The van der Waals surface area contributed by atoms with Crippen molar-refractivity contribution in [2.24, 2.45) is 0 Å². The Morgan fingerprint density at radius 1 is 1.21 bits per heavy atom. The highest BCUT2D eigenvalue weighted by molar-refractivity contribution is 5.94. The first kappa shape index (κ1) is 13.0. The molecular weight excluding hydrogens is 247 g/mol. The molecular formula is C14H13FN2O2. The molecule has 0 aliphatic carbocycles. The summed E-state index contributed by atoms with van der Waals surface area (Å²) in [7, 11) is 0. The number of aromatic nitrogens is 1. The number of nitrogens with zero attached hydrogens (tertiary/aromatic N) is 1. The molecule has 0 saturated heterocycles. The molecule has 2 aromatic rings. The van der Waals surface area contributed by atoms with Gasteiger partial charge in [0.15, 0.2) is 5.78 Å². The fourth-order valence-corrected chi connectivity index (χ4v) is 1.78. The Kier molecular flexibility index (Phi) is 3.75. The van der Waals surface area contributed by atoms with Crippen molar-refractivity contribution >= 4 is 17.4 Å². The van der Waals surface area contributed by atoms with Crippen LogP contribution in [0, 0.1) is 5.82 Å². The standard InChI is InChI=1S/C14H13FN2O2/c1-10(18)13-7-4-8-17(13)9-14(19)16-12-6-3-2-5-11(12)15/h2-8H,9H2,1H3,(H,16,19). The Labute approximate surface area is 109 Å². The maximum absolute atomic E-state index is 13.4. The lowest BCUT2D eigenvalue weighted by Gasteiger charge is -2.08. The molecule has 1 aromatic heterocycles. The van der Waals surface area contributed by atoms with Crippen LogP contribution < -0.4 is 5.32 Å². The molecule has 0 aliphatic heterocycles. The van der Waals surface area contributed by atoms with Crippen molar-refractivity contribution in [2.75, 3.05) is 5.32 Å². The van der Waals surface area contributed by atoms with E-state index in [1.807, 2.05) is 0 Å². The van der Waals surface area contributed by atoms with Crippen LogP contribution in [0.25, 0.3) is 0 Å². The largest absolute Gasteiger partial charge is 0.336 e. The third kappa shape index (κ3) is 3.07. The summed E-state index contributed by atoms with van der Waals surface area (Å²) in [6.45, 7) is 1.40. The van der Waals surface area contributed by atoms with Crippen molar-refractivity contribution < 1.29 is 14.0 Å². The van der Waals surface area contributed by atoms with E-state index >= 15 is 0 Å². The molecule has 0 saturated carbocycles. The summed E-state index contributed by atoms with van der Waals surface area (Å²) in [5, 5.41) is 2.47. The molecule has 0 atom stereocenters. The van der Waals surface area contributed by atoms with Gasteiger partial charge in [-0.05, 0) is 24.3 Å². The lowest BCUT2D eigenvalue weighted by molar-refractivity contribution is -0.116. The van der Waals surface area contributed by atoms with Gasteiger partial charge in [0.05, 0.1) is 11.4 Å². The normalized spacial score (nSPS) is 10.2. The van der Waals surface area contributed by atoms with Crippen molar-refractivity contribution in [3.63, 3.8) is 0 Å². The van der Waals surface area contributed by atoms with Crippen LogP contribution in [0.2, 0.25) is 0 Å². The Morgan fingerprint density at radius 2 is 1.95 bits per heavy atom. The number of rotatable bonds is 4. The fraction of sp³-hybridized carbons (Fsp3) is 0.143. The van der Waals surface area contributed by atoms with Crippen LogP contribution in [0.5, 0.6) is 0 Å². The van der Waals surface area contributed by atoms with Gasteiger partial charge in [0.25, 0.3) is 0 Å². The second-order valence-electron chi connectivity index (χ2n) is 4.11. The minimum absolute atomic E-state index is 0.0315. The van der Waals surface area contributed by atoms with Crippen LogP contribution in [0.4, 0.5) is 10.1 Å². The topological polar surface area (TPSA) is 51.1 Å². The third-order valence-electron chi connectivity index (χ3n) is 2.65. The van der Waals surface area contributed by atoms with Gasteiger partial charge in [-0.25, -0.2) is 4.39 Å². The van der Waals surface area contributed by atoms with Gasteiger partial charge in [-0.1, -0.05) is 12.1 Å². The van der Waals surface area contributed by atoms with E-state index in [-0.39, 0.29) is 23.9 Å². The van der Waals surface area contributed by atoms with Crippen LogP contribution in [0.1, 0.15) is 17.4 Å². The number of amides is 1. The number of hydrogen-bond donors (Lipinski definition) is 1. The number of benzene rings is 1. The molecule has 0 bridgehead atoms. The second-order valence-corrected chi connectivity index (χ2v) is 4.11. The molecule has 0 spiro atoms. The average Bonchev–Trinajstić information content (AvgIpc) is 2.80. The van der Waals surface area contributed by atoms with Gasteiger partial charge in [-0.3, -0.25) is 9.59 Å². The van der Waals surface area contributed by atoms with Crippen LogP contribution in [0.15, 0.2) is 42.6 Å². The first-order valence-electron chi connectivity index (χ1n) is 5.78. The number of para-hydroxylation sites is 1. The fourth-order valence-electron chi connectivity index (χ4n) is 1.78. The molecule has 0 fully saturated rings. The number of anilines is 1. The van der Waals surface area contributed by atoms with Crippen molar-refractivity contribution in [1.29, 1.82) is 0 Å². The average molecular weight is 260 g/mol. The Balaban J connectivity index is 2.08. The van der Waals surface area contributed by atoms with Crippen molar-refractivity contribution in [3.8, 4) is 0 Å². The smallest absolute Gasteiger partial charge is 0.244 e. The number of carbonyl (C=O) groups is 2. The molecule has 2 rings (SSSR count). The first-order valence-corrected chi connectivity index (χ1v) is 5.78. The van der Waals surface area contributed by atoms with E-state index < -0.39 is 5.82 Å². The van der Waals surface area contributed by atoms with Crippen LogP contribution in [-0.2, 0) is 11.3 Å². The lowest BCUT2D eigenvalue weighted by atomic mass is 10.3. The van der Waals surface area contributed by atoms with E-state index in [0.717, 1.165) is 0 Å². The highest BCUT2D eigenvalue weighted by atomic mass is 19.1. The molecule has 1 heterocycles. The number of ketones is 1. The van der Waals surface area contributed by atoms with Gasteiger partial charge in [0.1, 0.15) is 12.4 Å². The predicted molar refractivity (Wildman–Crippen MR) is 69.5 cm³/mol. The molecule has 4 nitrogen and oxygen atoms in total. The van der Waals surface area contributed by atoms with E-state index in [9.17, 15) is 14.0 Å². The summed E-state index contributed by atoms with van der Waals surface area (Å²) in [5.74, 6) is -0.998. The minimum Gasteiger partial charge on any atom is -0.336 e. The Bertz CT molecular complexity index is 619. The van der Waals surface area contributed by atoms with Gasteiger partial charge < -0.3 is 9.88 Å². The zero-order valence-corrected chi connectivity index (χ0v) is 10.4. The van der Waals surface area contributed by atoms with Gasteiger partial charge >= 0.3 is 0 Å². The van der Waals surface area contributed by atoms with Crippen molar-refractivity contribution in [2.45, 2.75) is 13.5 Å². The summed E-state index contributed by atoms with van der Waals surface area (Å²) in [5.41, 5.74) is 0.577. The summed E-state index contributed by atoms with van der Waals surface area (Å²) in [4.78, 5) is 23.1. The zero-order chi connectivity index (χ0) is 13.8. The Hall–Kier alpha value is -2.43. The number of nitrogens with one attached hydrogen (secondary N) is 1. The predicted octanol–water partition coefficient (Wildman–Crippen LogP) is 2.47. The minimum atomic E-state index is -0.491. The summed E-state index contributed by atoms with van der Waals surface area (Å²) >= 11 is 0. The summed E-state index contributed by atoms with van der Waals surface area (Å²) in [6, 6.07) is 9.26.